The Morgan fingerprint density at radius 1 is 1.23 bits per heavy atom. The van der Waals surface area contributed by atoms with Crippen molar-refractivity contribution in [3.05, 3.63) is 75.6 Å². The highest BCUT2D eigenvalue weighted by Crippen LogP contribution is 2.17. The first-order valence-electron chi connectivity index (χ1n) is 7.46. The molecule has 0 aliphatic rings. The molecule has 1 heterocycles. The zero-order valence-corrected chi connectivity index (χ0v) is 14.9. The Morgan fingerprint density at radius 2 is 2.04 bits per heavy atom. The zero-order valence-electron chi connectivity index (χ0n) is 13.3. The van der Waals surface area contributed by atoms with Gasteiger partial charge in [-0.1, -0.05) is 29.8 Å². The molecule has 8 nitrogen and oxygen atoms in total. The summed E-state index contributed by atoms with van der Waals surface area (Å²) in [5.41, 5.74) is 1.46. The van der Waals surface area contributed by atoms with Gasteiger partial charge in [0.25, 0.3) is 5.69 Å². The second kappa shape index (κ2) is 7.89. The minimum atomic E-state index is -0.472. The number of thiocarbonyl (C=S) groups is 1. The summed E-state index contributed by atoms with van der Waals surface area (Å²) in [7, 11) is 0. The maximum atomic E-state index is 10.8. The summed E-state index contributed by atoms with van der Waals surface area (Å²) >= 11 is 11.2. The number of hydrogen-bond donors (Lipinski definition) is 2. The van der Waals surface area contributed by atoms with E-state index in [2.05, 4.69) is 20.7 Å². The van der Waals surface area contributed by atoms with E-state index >= 15 is 0 Å². The Labute approximate surface area is 159 Å². The number of aromatic nitrogens is 3. The van der Waals surface area contributed by atoms with Gasteiger partial charge >= 0.3 is 0 Å². The molecule has 0 radical (unpaired) electrons. The molecule has 1 aromatic heterocycles. The van der Waals surface area contributed by atoms with Crippen LogP contribution in [-0.2, 0) is 6.54 Å². The van der Waals surface area contributed by atoms with Gasteiger partial charge in [0.05, 0.1) is 11.5 Å². The highest BCUT2D eigenvalue weighted by Gasteiger charge is 2.08. The molecule has 2 N–H and O–H groups in total. The van der Waals surface area contributed by atoms with Gasteiger partial charge in [-0.2, -0.15) is 0 Å². The molecule has 0 amide bonds. The van der Waals surface area contributed by atoms with Crippen LogP contribution in [0.1, 0.15) is 5.56 Å². The Hall–Kier alpha value is -3.04. The zero-order chi connectivity index (χ0) is 18.5. The van der Waals surface area contributed by atoms with Gasteiger partial charge in [0.1, 0.15) is 6.33 Å². The van der Waals surface area contributed by atoms with E-state index in [1.165, 1.54) is 12.1 Å². The first-order chi connectivity index (χ1) is 12.5. The van der Waals surface area contributed by atoms with Crippen LogP contribution in [0, 0.1) is 10.1 Å². The van der Waals surface area contributed by atoms with E-state index in [-0.39, 0.29) is 10.8 Å². The number of nitro benzene ring substituents is 1. The van der Waals surface area contributed by atoms with E-state index in [0.29, 0.717) is 23.2 Å². The predicted octanol–water partition coefficient (Wildman–Crippen LogP) is 3.70. The Kier molecular flexibility index (Phi) is 5.40. The summed E-state index contributed by atoms with van der Waals surface area (Å²) in [6.45, 7) is 0.514. The van der Waals surface area contributed by atoms with Gasteiger partial charge in [0, 0.05) is 22.8 Å². The summed E-state index contributed by atoms with van der Waals surface area (Å²) in [6, 6.07) is 13.5. The number of non-ortho nitro benzene ring substituents is 1. The van der Waals surface area contributed by atoms with E-state index in [0.717, 1.165) is 5.56 Å². The minimum absolute atomic E-state index is 0.0262. The van der Waals surface area contributed by atoms with Crippen molar-refractivity contribution in [1.29, 1.82) is 0 Å². The average molecular weight is 389 g/mol. The van der Waals surface area contributed by atoms with Crippen molar-refractivity contribution >= 4 is 46.3 Å². The molecule has 0 aliphatic carbocycles. The summed E-state index contributed by atoms with van der Waals surface area (Å²) in [5, 5.41) is 21.7. The second-order valence-corrected chi connectivity index (χ2v) is 6.13. The topological polar surface area (TPSA) is 97.9 Å². The fourth-order valence-electron chi connectivity index (χ4n) is 2.21. The van der Waals surface area contributed by atoms with Crippen LogP contribution in [0.2, 0.25) is 5.02 Å². The lowest BCUT2D eigenvalue weighted by molar-refractivity contribution is -0.384. The van der Waals surface area contributed by atoms with Gasteiger partial charge in [-0.3, -0.25) is 15.4 Å². The number of benzene rings is 2. The van der Waals surface area contributed by atoms with Crippen molar-refractivity contribution in [2.75, 3.05) is 10.6 Å². The van der Waals surface area contributed by atoms with Crippen molar-refractivity contribution in [3.63, 3.8) is 0 Å². The molecule has 10 heteroatoms. The number of nitro groups is 1. The van der Waals surface area contributed by atoms with Crippen molar-refractivity contribution in [2.45, 2.75) is 6.54 Å². The van der Waals surface area contributed by atoms with E-state index in [9.17, 15) is 10.1 Å². The maximum absolute atomic E-state index is 10.8. The average Bonchev–Trinajstić information content (AvgIpc) is 3.01. The van der Waals surface area contributed by atoms with Crippen molar-refractivity contribution in [3.8, 4) is 0 Å². The van der Waals surface area contributed by atoms with E-state index in [4.69, 9.17) is 23.8 Å². The van der Waals surface area contributed by atoms with Crippen molar-refractivity contribution < 1.29 is 4.92 Å². The molecular formula is C16H13ClN6O2S. The fraction of sp³-hybridized carbons (Fsp3) is 0.0625. The second-order valence-electron chi connectivity index (χ2n) is 5.28. The molecule has 132 valence electrons. The smallest absolute Gasteiger partial charge is 0.271 e. The summed E-state index contributed by atoms with van der Waals surface area (Å²) in [4.78, 5) is 14.5. The Morgan fingerprint density at radius 3 is 2.81 bits per heavy atom. The van der Waals surface area contributed by atoms with Crippen LogP contribution in [0.3, 0.4) is 0 Å². The van der Waals surface area contributed by atoms with E-state index in [1.54, 1.807) is 29.2 Å². The van der Waals surface area contributed by atoms with Gasteiger partial charge in [-0.15, -0.1) is 5.10 Å². The molecule has 0 saturated heterocycles. The summed E-state index contributed by atoms with van der Waals surface area (Å²) < 4.78 is 1.64. The van der Waals surface area contributed by atoms with Gasteiger partial charge in [0.2, 0.25) is 5.95 Å². The lowest BCUT2D eigenvalue weighted by Gasteiger charge is -2.07. The lowest BCUT2D eigenvalue weighted by Crippen LogP contribution is -2.20. The molecule has 0 fully saturated rings. The minimum Gasteiger partial charge on any atom is -0.332 e. The third-order valence-electron chi connectivity index (χ3n) is 3.31. The lowest BCUT2D eigenvalue weighted by atomic mass is 10.2. The molecule has 0 aliphatic heterocycles. The number of rotatable bonds is 5. The molecule has 2 aromatic carbocycles. The highest BCUT2D eigenvalue weighted by atomic mass is 35.5. The Balaban J connectivity index is 1.61. The van der Waals surface area contributed by atoms with Gasteiger partial charge in [0.15, 0.2) is 5.11 Å². The maximum Gasteiger partial charge on any atom is 0.271 e. The van der Waals surface area contributed by atoms with Gasteiger partial charge in [-0.05, 0) is 36.0 Å². The fourth-order valence-corrected chi connectivity index (χ4v) is 2.63. The molecule has 26 heavy (non-hydrogen) atoms. The van der Waals surface area contributed by atoms with Crippen LogP contribution in [0.5, 0.6) is 0 Å². The SMILES string of the molecule is O=[N+]([O-])c1cccc(NC(=S)Nc2ncn(Cc3cccc(Cl)c3)n2)c1. The number of anilines is 2. The number of halogens is 1. The third kappa shape index (κ3) is 4.74. The number of nitrogens with one attached hydrogen (secondary N) is 2. The van der Waals surface area contributed by atoms with Crippen LogP contribution in [0.4, 0.5) is 17.3 Å². The van der Waals surface area contributed by atoms with Crippen LogP contribution in [0.15, 0.2) is 54.9 Å². The summed E-state index contributed by atoms with van der Waals surface area (Å²) in [6.07, 6.45) is 1.57. The predicted molar refractivity (Wildman–Crippen MR) is 104 cm³/mol. The van der Waals surface area contributed by atoms with Gasteiger partial charge in [-0.25, -0.2) is 9.67 Å². The van der Waals surface area contributed by atoms with Crippen molar-refractivity contribution in [2.24, 2.45) is 0 Å². The molecule has 0 unspecified atom stereocenters. The molecule has 0 saturated carbocycles. The molecule has 0 spiro atoms. The highest BCUT2D eigenvalue weighted by molar-refractivity contribution is 7.80. The molecule has 0 bridgehead atoms. The third-order valence-corrected chi connectivity index (χ3v) is 3.75. The largest absolute Gasteiger partial charge is 0.332 e. The Bertz CT molecular complexity index is 961. The molecule has 3 aromatic rings. The van der Waals surface area contributed by atoms with E-state index in [1.807, 2.05) is 18.2 Å². The number of nitrogens with zero attached hydrogens (tertiary/aromatic N) is 4. The van der Waals surface area contributed by atoms with Crippen molar-refractivity contribution in [1.82, 2.24) is 14.8 Å². The number of hydrogen-bond acceptors (Lipinski definition) is 5. The van der Waals surface area contributed by atoms with Gasteiger partial charge < -0.3 is 5.32 Å². The van der Waals surface area contributed by atoms with Crippen LogP contribution in [0.25, 0.3) is 0 Å². The monoisotopic (exact) mass is 388 g/mol. The van der Waals surface area contributed by atoms with Crippen LogP contribution in [-0.4, -0.2) is 24.8 Å². The van der Waals surface area contributed by atoms with Crippen LogP contribution < -0.4 is 10.6 Å². The molecule has 0 atom stereocenters. The first-order valence-corrected chi connectivity index (χ1v) is 8.24. The normalized spacial score (nSPS) is 10.3. The first kappa shape index (κ1) is 17.8. The quantitative estimate of drug-likeness (QED) is 0.390. The summed E-state index contributed by atoms with van der Waals surface area (Å²) in [5.74, 6) is 0.315. The molecule has 3 rings (SSSR count). The standard InChI is InChI=1S/C16H13ClN6O2S/c17-12-4-1-3-11(7-12)9-22-10-18-15(21-22)20-16(26)19-13-5-2-6-14(8-13)23(24)25/h1-8,10H,9H2,(H2,19,20,21,26). The van der Waals surface area contributed by atoms with E-state index < -0.39 is 4.92 Å². The van der Waals surface area contributed by atoms with Crippen LogP contribution >= 0.6 is 23.8 Å². The molecular weight excluding hydrogens is 376 g/mol.